The molecule has 5 heteroatoms. The van der Waals surface area contributed by atoms with Crippen LogP contribution in [0.5, 0.6) is 0 Å². The van der Waals surface area contributed by atoms with Gasteiger partial charge in [0.2, 0.25) is 0 Å². The molecule has 0 aromatic heterocycles. The number of rotatable bonds is 2. The zero-order chi connectivity index (χ0) is 15.5. The van der Waals surface area contributed by atoms with Crippen molar-refractivity contribution in [2.24, 2.45) is 0 Å². The van der Waals surface area contributed by atoms with Crippen molar-refractivity contribution in [1.82, 2.24) is 10.2 Å². The summed E-state index contributed by atoms with van der Waals surface area (Å²) < 4.78 is 6.56. The van der Waals surface area contributed by atoms with E-state index in [1.165, 1.54) is 5.56 Å². The largest absolute Gasteiger partial charge is 0.444 e. The minimum absolute atomic E-state index is 0.221. The average molecular weight is 355 g/mol. The van der Waals surface area contributed by atoms with Gasteiger partial charge < -0.3 is 15.0 Å². The summed E-state index contributed by atoms with van der Waals surface area (Å²) in [5.74, 6) is 0. The SMILES string of the molecule is CC(C)(C)OC(=O)N1CCN[C@H](Cc2ccccc2Br)C1. The molecule has 0 spiro atoms. The van der Waals surface area contributed by atoms with Crippen LogP contribution in [0.15, 0.2) is 28.7 Å². The van der Waals surface area contributed by atoms with E-state index in [0.29, 0.717) is 13.1 Å². The van der Waals surface area contributed by atoms with E-state index in [2.05, 4.69) is 27.3 Å². The van der Waals surface area contributed by atoms with Crippen molar-refractivity contribution in [1.29, 1.82) is 0 Å². The molecule has 1 aliphatic heterocycles. The van der Waals surface area contributed by atoms with Crippen molar-refractivity contribution in [3.05, 3.63) is 34.3 Å². The lowest BCUT2D eigenvalue weighted by Gasteiger charge is -2.35. The summed E-state index contributed by atoms with van der Waals surface area (Å²) in [5.41, 5.74) is 0.806. The Morgan fingerprint density at radius 2 is 2.14 bits per heavy atom. The molecule has 0 radical (unpaired) electrons. The summed E-state index contributed by atoms with van der Waals surface area (Å²) in [4.78, 5) is 13.9. The summed E-state index contributed by atoms with van der Waals surface area (Å²) in [7, 11) is 0. The highest BCUT2D eigenvalue weighted by atomic mass is 79.9. The number of piperazine rings is 1. The van der Waals surface area contributed by atoms with Gasteiger partial charge in [-0.25, -0.2) is 4.79 Å². The zero-order valence-electron chi connectivity index (χ0n) is 12.9. The lowest BCUT2D eigenvalue weighted by Crippen LogP contribution is -2.54. The normalized spacial score (nSPS) is 19.4. The molecule has 116 valence electrons. The number of carbonyl (C=O) groups excluding carboxylic acids is 1. The molecule has 1 N–H and O–H groups in total. The molecule has 1 aromatic carbocycles. The number of carbonyl (C=O) groups is 1. The van der Waals surface area contributed by atoms with Crippen LogP contribution < -0.4 is 5.32 Å². The van der Waals surface area contributed by atoms with Gasteiger partial charge in [-0.15, -0.1) is 0 Å². The molecule has 4 nitrogen and oxygen atoms in total. The van der Waals surface area contributed by atoms with Crippen molar-refractivity contribution < 1.29 is 9.53 Å². The average Bonchev–Trinajstić information content (AvgIpc) is 2.40. The lowest BCUT2D eigenvalue weighted by atomic mass is 10.0. The van der Waals surface area contributed by atoms with Crippen LogP contribution in [0, 0.1) is 0 Å². The minimum Gasteiger partial charge on any atom is -0.444 e. The Bertz CT molecular complexity index is 499. The van der Waals surface area contributed by atoms with Gasteiger partial charge in [0, 0.05) is 30.1 Å². The smallest absolute Gasteiger partial charge is 0.410 e. The minimum atomic E-state index is -0.445. The van der Waals surface area contributed by atoms with Crippen LogP contribution in [0.25, 0.3) is 0 Å². The van der Waals surface area contributed by atoms with Gasteiger partial charge in [-0.1, -0.05) is 34.1 Å². The second-order valence-corrected chi connectivity index (χ2v) is 7.23. The third kappa shape index (κ3) is 5.00. The first-order valence-corrected chi connectivity index (χ1v) is 8.09. The highest BCUT2D eigenvalue weighted by Crippen LogP contribution is 2.19. The maximum Gasteiger partial charge on any atom is 0.410 e. The number of halogens is 1. The summed E-state index contributed by atoms with van der Waals surface area (Å²) in [6.45, 7) is 7.86. The van der Waals surface area contributed by atoms with E-state index < -0.39 is 5.60 Å². The van der Waals surface area contributed by atoms with Crippen LogP contribution in [-0.4, -0.2) is 42.3 Å². The number of benzene rings is 1. The van der Waals surface area contributed by atoms with Crippen LogP contribution >= 0.6 is 15.9 Å². The maximum atomic E-state index is 12.1. The molecule has 0 aliphatic carbocycles. The van der Waals surface area contributed by atoms with Crippen LogP contribution in [0.3, 0.4) is 0 Å². The molecule has 1 aromatic rings. The summed E-state index contributed by atoms with van der Waals surface area (Å²) >= 11 is 3.57. The molecular formula is C16H23BrN2O2. The predicted molar refractivity (Wildman–Crippen MR) is 87.4 cm³/mol. The van der Waals surface area contributed by atoms with Crippen molar-refractivity contribution in [3.8, 4) is 0 Å². The van der Waals surface area contributed by atoms with Gasteiger partial charge in [-0.2, -0.15) is 0 Å². The number of nitrogens with one attached hydrogen (secondary N) is 1. The molecule has 1 aliphatic rings. The molecule has 1 saturated heterocycles. The molecule has 0 saturated carbocycles. The monoisotopic (exact) mass is 354 g/mol. The van der Waals surface area contributed by atoms with Crippen LogP contribution in [0.4, 0.5) is 4.79 Å². The molecule has 1 fully saturated rings. The van der Waals surface area contributed by atoms with Crippen molar-refractivity contribution in [2.45, 2.75) is 38.8 Å². The number of nitrogens with zero attached hydrogens (tertiary/aromatic N) is 1. The quantitative estimate of drug-likeness (QED) is 0.886. The van der Waals surface area contributed by atoms with E-state index in [9.17, 15) is 4.79 Å². The fourth-order valence-corrected chi connectivity index (χ4v) is 2.83. The third-order valence-corrected chi connectivity index (χ3v) is 4.10. The Hall–Kier alpha value is -1.07. The molecule has 2 rings (SSSR count). The zero-order valence-corrected chi connectivity index (χ0v) is 14.4. The van der Waals surface area contributed by atoms with Gasteiger partial charge >= 0.3 is 6.09 Å². The number of hydrogen-bond acceptors (Lipinski definition) is 3. The van der Waals surface area contributed by atoms with Gasteiger partial charge in [0.1, 0.15) is 5.60 Å². The van der Waals surface area contributed by atoms with Gasteiger partial charge in [-0.3, -0.25) is 0 Å². The lowest BCUT2D eigenvalue weighted by molar-refractivity contribution is 0.0195. The van der Waals surface area contributed by atoms with Crippen LogP contribution in [0.2, 0.25) is 0 Å². The van der Waals surface area contributed by atoms with E-state index in [1.54, 1.807) is 4.90 Å². The molecule has 1 atom stereocenters. The summed E-state index contributed by atoms with van der Waals surface area (Å²) in [6.07, 6.45) is 0.668. The maximum absolute atomic E-state index is 12.1. The van der Waals surface area contributed by atoms with E-state index in [-0.39, 0.29) is 12.1 Å². The third-order valence-electron chi connectivity index (χ3n) is 3.33. The van der Waals surface area contributed by atoms with E-state index in [4.69, 9.17) is 4.74 Å². The highest BCUT2D eigenvalue weighted by molar-refractivity contribution is 9.10. The fraction of sp³-hybridized carbons (Fsp3) is 0.562. The summed E-state index contributed by atoms with van der Waals surface area (Å²) in [5, 5.41) is 3.47. The molecule has 1 heterocycles. The number of ether oxygens (including phenoxy) is 1. The predicted octanol–water partition coefficient (Wildman–Crippen LogP) is 3.20. The standard InChI is InChI=1S/C16H23BrN2O2/c1-16(2,3)21-15(20)19-9-8-18-13(11-19)10-12-6-4-5-7-14(12)17/h4-7,13,18H,8-11H2,1-3H3/t13-/m1/s1. The molecule has 21 heavy (non-hydrogen) atoms. The second-order valence-electron chi connectivity index (χ2n) is 6.37. The number of amides is 1. The van der Waals surface area contributed by atoms with Crippen LogP contribution in [-0.2, 0) is 11.2 Å². The Labute approximate surface area is 135 Å². The molecular weight excluding hydrogens is 332 g/mol. The Kier molecular flexibility index (Phi) is 5.27. The summed E-state index contributed by atoms with van der Waals surface area (Å²) in [6, 6.07) is 8.45. The first-order chi connectivity index (χ1) is 9.85. The van der Waals surface area contributed by atoms with Crippen LogP contribution in [0.1, 0.15) is 26.3 Å². The Morgan fingerprint density at radius 3 is 2.81 bits per heavy atom. The topological polar surface area (TPSA) is 41.6 Å². The van der Waals surface area contributed by atoms with Gasteiger partial charge in [0.05, 0.1) is 0 Å². The fourth-order valence-electron chi connectivity index (χ4n) is 2.38. The van der Waals surface area contributed by atoms with Gasteiger partial charge in [0.25, 0.3) is 0 Å². The van der Waals surface area contributed by atoms with E-state index in [0.717, 1.165) is 17.4 Å². The van der Waals surface area contributed by atoms with E-state index in [1.807, 2.05) is 39.0 Å². The van der Waals surface area contributed by atoms with Crippen molar-refractivity contribution in [2.75, 3.05) is 19.6 Å². The Balaban J connectivity index is 1.95. The first kappa shape index (κ1) is 16.3. The molecule has 0 unspecified atom stereocenters. The molecule has 0 bridgehead atoms. The van der Waals surface area contributed by atoms with E-state index >= 15 is 0 Å². The van der Waals surface area contributed by atoms with Gasteiger partial charge in [-0.05, 0) is 38.8 Å². The first-order valence-electron chi connectivity index (χ1n) is 7.30. The van der Waals surface area contributed by atoms with Crippen molar-refractivity contribution >= 4 is 22.0 Å². The Morgan fingerprint density at radius 1 is 1.43 bits per heavy atom. The second kappa shape index (κ2) is 6.79. The van der Waals surface area contributed by atoms with Gasteiger partial charge in [0.15, 0.2) is 0 Å². The molecule has 1 amide bonds. The highest BCUT2D eigenvalue weighted by Gasteiger charge is 2.27. The van der Waals surface area contributed by atoms with Crippen molar-refractivity contribution in [3.63, 3.8) is 0 Å². The number of hydrogen-bond donors (Lipinski definition) is 1.